The molecule has 2 rings (SSSR count). The first-order valence-corrected chi connectivity index (χ1v) is 8.13. The quantitative estimate of drug-likeness (QED) is 0.669. The summed E-state index contributed by atoms with van der Waals surface area (Å²) < 4.78 is 5.69. The van der Waals surface area contributed by atoms with Crippen molar-refractivity contribution in [1.82, 2.24) is 10.6 Å². The van der Waals surface area contributed by atoms with Gasteiger partial charge in [0.2, 0.25) is 5.91 Å². The zero-order chi connectivity index (χ0) is 18.8. The van der Waals surface area contributed by atoms with Crippen molar-refractivity contribution >= 4 is 17.8 Å². The monoisotopic (exact) mass is 355 g/mol. The molecule has 26 heavy (non-hydrogen) atoms. The number of benzene rings is 2. The van der Waals surface area contributed by atoms with E-state index in [1.807, 2.05) is 47.8 Å². The van der Waals surface area contributed by atoms with Gasteiger partial charge in [-0.2, -0.15) is 0 Å². The smallest absolute Gasteiger partial charge is 0.318 e. The Hall–Kier alpha value is -3.19. The fraction of sp³-hybridized carbons (Fsp3) is 0.211. The van der Waals surface area contributed by atoms with Gasteiger partial charge >= 0.3 is 6.03 Å². The number of ether oxygens (including phenoxy) is 1. The average Bonchev–Trinajstić information content (AvgIpc) is 2.62. The fourth-order valence-electron chi connectivity index (χ4n) is 2.31. The van der Waals surface area contributed by atoms with Crippen LogP contribution in [0, 0.1) is 0 Å². The van der Waals surface area contributed by atoms with Gasteiger partial charge in [0.15, 0.2) is 0 Å². The summed E-state index contributed by atoms with van der Waals surface area (Å²) in [4.78, 5) is 34.2. The summed E-state index contributed by atoms with van der Waals surface area (Å²) in [6, 6.07) is 15.9. The van der Waals surface area contributed by atoms with Crippen LogP contribution in [0.2, 0.25) is 0 Å². The first-order valence-electron chi connectivity index (χ1n) is 8.13. The van der Waals surface area contributed by atoms with Gasteiger partial charge < -0.3 is 15.8 Å². The Morgan fingerprint density at radius 3 is 2.35 bits per heavy atom. The summed E-state index contributed by atoms with van der Waals surface area (Å²) in [7, 11) is 0. The highest BCUT2D eigenvalue weighted by Crippen LogP contribution is 2.12. The summed E-state index contributed by atoms with van der Waals surface area (Å²) in [6.45, 7) is 0.835. The van der Waals surface area contributed by atoms with Crippen LogP contribution in [-0.2, 0) is 22.7 Å². The van der Waals surface area contributed by atoms with Crippen LogP contribution in [0.25, 0.3) is 0 Å². The Labute approximate surface area is 151 Å². The minimum atomic E-state index is -0.915. The largest absolute Gasteiger partial charge is 0.372 e. The zero-order valence-corrected chi connectivity index (χ0v) is 14.2. The maximum Gasteiger partial charge on any atom is 0.318 e. The minimum absolute atomic E-state index is 0.0403. The van der Waals surface area contributed by atoms with Gasteiger partial charge in [-0.05, 0) is 17.2 Å². The molecule has 7 nitrogen and oxygen atoms in total. The Balaban J connectivity index is 1.85. The normalized spacial score (nSPS) is 10.2. The number of hydrogen-bond donors (Lipinski definition) is 3. The van der Waals surface area contributed by atoms with E-state index in [1.54, 1.807) is 12.1 Å². The Bertz CT molecular complexity index is 762. The van der Waals surface area contributed by atoms with Gasteiger partial charge in [0, 0.05) is 18.5 Å². The number of nitrogens with two attached hydrogens (primary N) is 1. The number of hydrogen-bond acceptors (Lipinski definition) is 4. The molecule has 0 aliphatic heterocycles. The van der Waals surface area contributed by atoms with Crippen molar-refractivity contribution in [2.75, 3.05) is 6.54 Å². The summed E-state index contributed by atoms with van der Waals surface area (Å²) in [6.07, 6.45) is -0.0403. The standard InChI is InChI=1S/C19H21N3O4/c20-19(25)22-17(23)10-11-21-18(24)16-9-5-4-8-15(16)13-26-12-14-6-2-1-3-7-14/h1-9H,10-13H2,(H,21,24)(H3,20,22,23,25). The topological polar surface area (TPSA) is 111 Å². The number of nitrogens with one attached hydrogen (secondary N) is 2. The van der Waals surface area contributed by atoms with Crippen LogP contribution in [0.4, 0.5) is 4.79 Å². The molecular formula is C19H21N3O4. The molecule has 4 amide bonds. The van der Waals surface area contributed by atoms with Gasteiger partial charge in [0.1, 0.15) is 0 Å². The van der Waals surface area contributed by atoms with E-state index in [1.165, 1.54) is 0 Å². The maximum absolute atomic E-state index is 12.3. The summed E-state index contributed by atoms with van der Waals surface area (Å²) in [5.41, 5.74) is 7.14. The average molecular weight is 355 g/mol. The molecule has 2 aromatic carbocycles. The van der Waals surface area contributed by atoms with Crippen molar-refractivity contribution in [2.45, 2.75) is 19.6 Å². The lowest BCUT2D eigenvalue weighted by molar-refractivity contribution is -0.119. The molecule has 0 fully saturated rings. The van der Waals surface area contributed by atoms with Crippen LogP contribution in [-0.4, -0.2) is 24.4 Å². The second kappa shape index (κ2) is 9.95. The summed E-state index contributed by atoms with van der Waals surface area (Å²) in [5, 5.41) is 4.58. The third kappa shape index (κ3) is 6.37. The van der Waals surface area contributed by atoms with Gasteiger partial charge in [-0.1, -0.05) is 48.5 Å². The third-order valence-corrected chi connectivity index (χ3v) is 3.53. The van der Waals surface area contributed by atoms with E-state index < -0.39 is 11.9 Å². The van der Waals surface area contributed by atoms with E-state index >= 15 is 0 Å². The Kier molecular flexibility index (Phi) is 7.32. The predicted octanol–water partition coefficient (Wildman–Crippen LogP) is 1.72. The Morgan fingerprint density at radius 2 is 1.62 bits per heavy atom. The van der Waals surface area contributed by atoms with Crippen LogP contribution < -0.4 is 16.4 Å². The molecule has 0 aliphatic rings. The van der Waals surface area contributed by atoms with Crippen LogP contribution >= 0.6 is 0 Å². The number of carbonyl (C=O) groups is 3. The van der Waals surface area contributed by atoms with Gasteiger partial charge in [0.05, 0.1) is 13.2 Å². The summed E-state index contributed by atoms with van der Waals surface area (Å²) >= 11 is 0. The molecule has 0 heterocycles. The van der Waals surface area contributed by atoms with Gasteiger partial charge in [0.25, 0.3) is 5.91 Å². The molecule has 4 N–H and O–H groups in total. The van der Waals surface area contributed by atoms with E-state index in [2.05, 4.69) is 5.32 Å². The molecule has 136 valence electrons. The van der Waals surface area contributed by atoms with Crippen molar-refractivity contribution < 1.29 is 19.1 Å². The number of rotatable bonds is 8. The van der Waals surface area contributed by atoms with Crippen LogP contribution in [0.5, 0.6) is 0 Å². The minimum Gasteiger partial charge on any atom is -0.372 e. The van der Waals surface area contributed by atoms with Gasteiger partial charge in [-0.15, -0.1) is 0 Å². The molecule has 0 spiro atoms. The van der Waals surface area contributed by atoms with E-state index in [0.717, 1.165) is 11.1 Å². The molecule has 0 bridgehead atoms. The molecular weight excluding hydrogens is 334 g/mol. The van der Waals surface area contributed by atoms with Crippen molar-refractivity contribution in [3.8, 4) is 0 Å². The number of primary amides is 1. The lowest BCUT2D eigenvalue weighted by Crippen LogP contribution is -2.37. The van der Waals surface area contributed by atoms with Crippen LogP contribution in [0.3, 0.4) is 0 Å². The molecule has 0 saturated heterocycles. The molecule has 0 aliphatic carbocycles. The number of urea groups is 1. The molecule has 2 aromatic rings. The molecule has 7 heteroatoms. The van der Waals surface area contributed by atoms with Crippen molar-refractivity contribution in [3.63, 3.8) is 0 Å². The van der Waals surface area contributed by atoms with E-state index in [-0.39, 0.29) is 18.9 Å². The highest BCUT2D eigenvalue weighted by molar-refractivity contribution is 5.96. The van der Waals surface area contributed by atoms with Crippen molar-refractivity contribution in [1.29, 1.82) is 0 Å². The second-order valence-electron chi connectivity index (χ2n) is 5.55. The number of imide groups is 1. The van der Waals surface area contributed by atoms with Gasteiger partial charge in [-0.25, -0.2) is 4.79 Å². The summed E-state index contributed by atoms with van der Waals surface area (Å²) in [5.74, 6) is -0.854. The van der Waals surface area contributed by atoms with E-state index in [9.17, 15) is 14.4 Å². The van der Waals surface area contributed by atoms with Crippen LogP contribution in [0.1, 0.15) is 27.9 Å². The zero-order valence-electron chi connectivity index (χ0n) is 14.2. The first kappa shape index (κ1) is 19.1. The van der Waals surface area contributed by atoms with Gasteiger partial charge in [-0.3, -0.25) is 14.9 Å². The third-order valence-electron chi connectivity index (χ3n) is 3.53. The number of carbonyl (C=O) groups excluding carboxylic acids is 3. The van der Waals surface area contributed by atoms with Crippen LogP contribution in [0.15, 0.2) is 54.6 Å². The van der Waals surface area contributed by atoms with E-state index in [4.69, 9.17) is 10.5 Å². The predicted molar refractivity (Wildman–Crippen MR) is 96.1 cm³/mol. The highest BCUT2D eigenvalue weighted by atomic mass is 16.5. The Morgan fingerprint density at radius 1 is 0.923 bits per heavy atom. The molecule has 0 unspecified atom stereocenters. The molecule has 0 saturated carbocycles. The maximum atomic E-state index is 12.3. The lowest BCUT2D eigenvalue weighted by atomic mass is 10.1. The number of amides is 4. The van der Waals surface area contributed by atoms with Crippen molar-refractivity contribution in [2.24, 2.45) is 5.73 Å². The van der Waals surface area contributed by atoms with E-state index in [0.29, 0.717) is 18.8 Å². The SMILES string of the molecule is NC(=O)NC(=O)CCNC(=O)c1ccccc1COCc1ccccc1. The lowest BCUT2D eigenvalue weighted by Gasteiger charge is -2.11. The fourth-order valence-corrected chi connectivity index (χ4v) is 2.31. The molecule has 0 radical (unpaired) electrons. The first-order chi connectivity index (χ1) is 12.6. The van der Waals surface area contributed by atoms with Crippen molar-refractivity contribution in [3.05, 3.63) is 71.3 Å². The highest BCUT2D eigenvalue weighted by Gasteiger charge is 2.12. The molecule has 0 atom stereocenters. The second-order valence-corrected chi connectivity index (χ2v) is 5.55. The molecule has 0 aromatic heterocycles.